The van der Waals surface area contributed by atoms with Crippen LogP contribution in [-0.4, -0.2) is 33.0 Å². The zero-order valence-electron chi connectivity index (χ0n) is 19.4. The molecule has 0 saturated heterocycles. The number of carbonyl (C=O) groups is 1. The molecule has 1 aromatic heterocycles. The van der Waals surface area contributed by atoms with Gasteiger partial charge in [0.05, 0.1) is 17.9 Å². The highest BCUT2D eigenvalue weighted by Crippen LogP contribution is 2.32. The fourth-order valence-electron chi connectivity index (χ4n) is 3.15. The van der Waals surface area contributed by atoms with Crippen molar-refractivity contribution >= 4 is 23.4 Å². The van der Waals surface area contributed by atoms with Gasteiger partial charge >= 0.3 is 6.18 Å². The molecule has 0 spiro atoms. The number of carbonyl (C=O) groups excluding carboxylic acids is 1. The molecule has 35 heavy (non-hydrogen) atoms. The van der Waals surface area contributed by atoms with Crippen LogP contribution in [0.25, 0.3) is 0 Å². The molecule has 11 heteroatoms. The number of hydrogen-bond donors (Lipinski definition) is 1. The second kappa shape index (κ2) is 11.3. The lowest BCUT2D eigenvalue weighted by atomic mass is 10.2. The van der Waals surface area contributed by atoms with Crippen molar-refractivity contribution in [2.75, 3.05) is 12.4 Å². The third-order valence-corrected chi connectivity index (χ3v) is 6.01. The Balaban J connectivity index is 1.71. The smallest absolute Gasteiger partial charge is 0.416 e. The van der Waals surface area contributed by atoms with Crippen molar-refractivity contribution in [3.8, 4) is 11.5 Å². The van der Waals surface area contributed by atoms with Gasteiger partial charge in [-0.1, -0.05) is 30.0 Å². The lowest BCUT2D eigenvalue weighted by Gasteiger charge is -2.18. The molecule has 0 aliphatic rings. The normalized spacial score (nSPS) is 13.1. The number of hydrogen-bond acceptors (Lipinski definition) is 6. The predicted molar refractivity (Wildman–Crippen MR) is 128 cm³/mol. The molecule has 7 nitrogen and oxygen atoms in total. The van der Waals surface area contributed by atoms with Crippen LogP contribution in [-0.2, 0) is 17.5 Å². The molecule has 0 aliphatic carbocycles. The zero-order valence-corrected chi connectivity index (χ0v) is 20.2. The Morgan fingerprint density at radius 1 is 1.14 bits per heavy atom. The number of nitrogens with one attached hydrogen (secondary N) is 1. The van der Waals surface area contributed by atoms with Gasteiger partial charge < -0.3 is 14.8 Å². The maximum absolute atomic E-state index is 12.7. The summed E-state index contributed by atoms with van der Waals surface area (Å²) in [6, 6.07) is 11.5. The highest BCUT2D eigenvalue weighted by molar-refractivity contribution is 8.00. The lowest BCUT2D eigenvalue weighted by Crippen LogP contribution is -2.23. The second-order valence-electron chi connectivity index (χ2n) is 7.48. The zero-order chi connectivity index (χ0) is 25.6. The average Bonchev–Trinajstić information content (AvgIpc) is 3.21. The van der Waals surface area contributed by atoms with Gasteiger partial charge in [-0.25, -0.2) is 0 Å². The Labute approximate surface area is 205 Å². The molecule has 1 N–H and O–H groups in total. The quantitative estimate of drug-likeness (QED) is 0.279. The third-order valence-electron chi connectivity index (χ3n) is 4.92. The number of allylic oxidation sites excluding steroid dienone is 1. The molecule has 3 aromatic rings. The van der Waals surface area contributed by atoms with Crippen molar-refractivity contribution in [2.45, 2.75) is 43.1 Å². The summed E-state index contributed by atoms with van der Waals surface area (Å²) < 4.78 is 51.4. The largest absolute Gasteiger partial charge is 0.493 e. The van der Waals surface area contributed by atoms with Crippen molar-refractivity contribution in [1.82, 2.24) is 14.8 Å². The first-order chi connectivity index (χ1) is 16.6. The number of para-hydroxylation sites is 2. The number of aromatic nitrogens is 3. The monoisotopic (exact) mass is 506 g/mol. The summed E-state index contributed by atoms with van der Waals surface area (Å²) in [6.45, 7) is 7.66. The van der Waals surface area contributed by atoms with Crippen molar-refractivity contribution in [1.29, 1.82) is 0 Å². The molecular formula is C24H25F3N4O3S. The maximum Gasteiger partial charge on any atom is 0.416 e. The number of methoxy groups -OCH3 is 1. The fourth-order valence-corrected chi connectivity index (χ4v) is 4.01. The van der Waals surface area contributed by atoms with Gasteiger partial charge in [0.25, 0.3) is 0 Å². The van der Waals surface area contributed by atoms with Gasteiger partial charge in [-0.05, 0) is 50.2 Å². The second-order valence-corrected chi connectivity index (χ2v) is 8.78. The number of alkyl halides is 3. The maximum atomic E-state index is 12.7. The summed E-state index contributed by atoms with van der Waals surface area (Å²) >= 11 is 1.17. The van der Waals surface area contributed by atoms with Crippen molar-refractivity contribution < 1.29 is 27.4 Å². The molecule has 2 aromatic carbocycles. The van der Waals surface area contributed by atoms with E-state index in [0.717, 1.165) is 12.1 Å². The van der Waals surface area contributed by atoms with Gasteiger partial charge in [0.1, 0.15) is 0 Å². The Morgan fingerprint density at radius 2 is 1.80 bits per heavy atom. The van der Waals surface area contributed by atoms with Crippen LogP contribution in [0, 0.1) is 0 Å². The molecule has 0 fully saturated rings. The fraction of sp³-hybridized carbons (Fsp3) is 0.292. The Morgan fingerprint density at radius 3 is 2.40 bits per heavy atom. The highest BCUT2D eigenvalue weighted by atomic mass is 32.2. The number of benzene rings is 2. The summed E-state index contributed by atoms with van der Waals surface area (Å²) in [5, 5.41) is 11.0. The van der Waals surface area contributed by atoms with Crippen molar-refractivity contribution in [2.24, 2.45) is 0 Å². The minimum atomic E-state index is -4.44. The average molecular weight is 507 g/mol. The van der Waals surface area contributed by atoms with E-state index in [2.05, 4.69) is 22.1 Å². The van der Waals surface area contributed by atoms with Crippen LogP contribution < -0.4 is 14.8 Å². The first kappa shape index (κ1) is 26.1. The van der Waals surface area contributed by atoms with Crippen LogP contribution in [0.15, 0.2) is 66.3 Å². The first-order valence-electron chi connectivity index (χ1n) is 10.6. The van der Waals surface area contributed by atoms with E-state index in [-0.39, 0.29) is 11.6 Å². The number of ether oxygens (including phenoxy) is 2. The molecule has 0 aliphatic heterocycles. The van der Waals surface area contributed by atoms with E-state index in [1.165, 1.54) is 23.9 Å². The van der Waals surface area contributed by atoms with Gasteiger partial charge in [0, 0.05) is 12.2 Å². The van der Waals surface area contributed by atoms with Gasteiger partial charge in [-0.2, -0.15) is 13.2 Å². The minimum absolute atomic E-state index is 0.266. The number of rotatable bonds is 10. The molecule has 1 heterocycles. The topological polar surface area (TPSA) is 78.3 Å². The minimum Gasteiger partial charge on any atom is -0.493 e. The Kier molecular flexibility index (Phi) is 8.44. The van der Waals surface area contributed by atoms with Crippen LogP contribution >= 0.6 is 11.8 Å². The molecule has 186 valence electrons. The summed E-state index contributed by atoms with van der Waals surface area (Å²) in [5.41, 5.74) is -0.519. The summed E-state index contributed by atoms with van der Waals surface area (Å²) in [6.07, 6.45) is -3.24. The molecule has 0 radical (unpaired) electrons. The molecular weight excluding hydrogens is 481 g/mol. The molecule has 2 unspecified atom stereocenters. The van der Waals surface area contributed by atoms with E-state index in [1.54, 1.807) is 36.8 Å². The molecule has 1 amide bonds. The summed E-state index contributed by atoms with van der Waals surface area (Å²) in [5.74, 6) is 1.28. The molecule has 2 atom stereocenters. The van der Waals surface area contributed by atoms with E-state index in [4.69, 9.17) is 9.47 Å². The van der Waals surface area contributed by atoms with Gasteiger partial charge in [-0.15, -0.1) is 16.8 Å². The number of amides is 1. The summed E-state index contributed by atoms with van der Waals surface area (Å²) in [4.78, 5) is 12.6. The lowest BCUT2D eigenvalue weighted by molar-refractivity contribution is -0.137. The Hall–Kier alpha value is -3.47. The van der Waals surface area contributed by atoms with E-state index >= 15 is 0 Å². The van der Waals surface area contributed by atoms with Crippen molar-refractivity contribution in [3.05, 3.63) is 72.6 Å². The molecule has 0 bridgehead atoms. The molecule has 0 saturated carbocycles. The predicted octanol–water partition coefficient (Wildman–Crippen LogP) is 5.75. The van der Waals surface area contributed by atoms with Crippen LogP contribution in [0.4, 0.5) is 18.9 Å². The third kappa shape index (κ3) is 6.56. The van der Waals surface area contributed by atoms with E-state index in [9.17, 15) is 18.0 Å². The van der Waals surface area contributed by atoms with Gasteiger partial charge in [0.15, 0.2) is 28.6 Å². The van der Waals surface area contributed by atoms with E-state index in [0.29, 0.717) is 29.0 Å². The van der Waals surface area contributed by atoms with Crippen LogP contribution in [0.2, 0.25) is 0 Å². The van der Waals surface area contributed by atoms with Crippen LogP contribution in [0.3, 0.4) is 0 Å². The van der Waals surface area contributed by atoms with Crippen molar-refractivity contribution in [3.63, 3.8) is 0 Å². The standard InChI is InChI=1S/C24H25F3N4O3S/c1-5-14-31-21(15(2)34-20-9-7-6-8-19(20)33-4)29-30-23(31)35-16(3)22(32)28-18-12-10-17(11-13-18)24(25,26)27/h5-13,15-16H,1,14H2,2-4H3,(H,28,32). The summed E-state index contributed by atoms with van der Waals surface area (Å²) in [7, 11) is 1.55. The number of nitrogens with zero attached hydrogens (tertiary/aromatic N) is 3. The number of anilines is 1. The van der Waals surface area contributed by atoms with Gasteiger partial charge in [-0.3, -0.25) is 9.36 Å². The first-order valence-corrected chi connectivity index (χ1v) is 11.5. The SMILES string of the molecule is C=CCn1c(SC(C)C(=O)Nc2ccc(C(F)(F)F)cc2)nnc1C(C)Oc1ccccc1OC. The van der Waals surface area contributed by atoms with E-state index < -0.39 is 23.1 Å². The van der Waals surface area contributed by atoms with Gasteiger partial charge in [0.2, 0.25) is 5.91 Å². The Bertz CT molecular complexity index is 1170. The number of halogens is 3. The highest BCUT2D eigenvalue weighted by Gasteiger charge is 2.30. The molecule has 3 rings (SSSR count). The number of thioether (sulfide) groups is 1. The van der Waals surface area contributed by atoms with Crippen LogP contribution in [0.1, 0.15) is 31.3 Å². The van der Waals surface area contributed by atoms with E-state index in [1.807, 2.05) is 19.1 Å². The van der Waals surface area contributed by atoms with Crippen LogP contribution in [0.5, 0.6) is 11.5 Å².